The summed E-state index contributed by atoms with van der Waals surface area (Å²) in [5, 5.41) is 2.74. The minimum atomic E-state index is -0.337. The normalized spacial score (nSPS) is 13.9. The van der Waals surface area contributed by atoms with Crippen molar-refractivity contribution in [1.82, 2.24) is 4.98 Å². The molecule has 1 aliphatic rings. The van der Waals surface area contributed by atoms with Gasteiger partial charge in [-0.2, -0.15) is 0 Å². The van der Waals surface area contributed by atoms with Gasteiger partial charge in [-0.15, -0.1) is 0 Å². The molecular weight excluding hydrogens is 256 g/mol. The number of ketones is 1. The van der Waals surface area contributed by atoms with Gasteiger partial charge < -0.3 is 9.73 Å². The van der Waals surface area contributed by atoms with Crippen molar-refractivity contribution in [3.05, 3.63) is 47.2 Å². The minimum absolute atomic E-state index is 0.0652. The number of amides is 1. The molecule has 3 rings (SSSR count). The Morgan fingerprint density at radius 2 is 2.05 bits per heavy atom. The summed E-state index contributed by atoms with van der Waals surface area (Å²) in [6, 6.07) is 3.39. The van der Waals surface area contributed by atoms with Crippen LogP contribution in [0, 0.1) is 6.92 Å². The molecule has 5 nitrogen and oxygen atoms in total. The first-order valence-electron chi connectivity index (χ1n) is 6.53. The molecule has 1 amide bonds. The van der Waals surface area contributed by atoms with Crippen LogP contribution in [0.1, 0.15) is 45.1 Å². The van der Waals surface area contributed by atoms with E-state index in [1.165, 1.54) is 0 Å². The Balaban J connectivity index is 1.91. The van der Waals surface area contributed by atoms with E-state index >= 15 is 0 Å². The smallest absolute Gasteiger partial charge is 0.291 e. The van der Waals surface area contributed by atoms with E-state index in [0.29, 0.717) is 35.4 Å². The maximum Gasteiger partial charge on any atom is 0.291 e. The number of anilines is 1. The summed E-state index contributed by atoms with van der Waals surface area (Å²) >= 11 is 0. The van der Waals surface area contributed by atoms with Crippen molar-refractivity contribution in [3.8, 4) is 0 Å². The summed E-state index contributed by atoms with van der Waals surface area (Å²) in [6.45, 7) is 1.76. The zero-order chi connectivity index (χ0) is 14.1. The van der Waals surface area contributed by atoms with Gasteiger partial charge in [0.15, 0.2) is 11.5 Å². The van der Waals surface area contributed by atoms with E-state index in [-0.39, 0.29) is 17.5 Å². The average Bonchev–Trinajstić information content (AvgIpc) is 2.79. The number of nitrogens with one attached hydrogen (secondary N) is 1. The molecule has 0 radical (unpaired) electrons. The number of carbonyl (C=O) groups is 2. The highest BCUT2D eigenvalue weighted by Gasteiger charge is 2.28. The van der Waals surface area contributed by atoms with E-state index in [4.69, 9.17) is 4.42 Å². The van der Waals surface area contributed by atoms with Crippen LogP contribution in [0.3, 0.4) is 0 Å². The Labute approximate surface area is 116 Å². The fourth-order valence-electron chi connectivity index (χ4n) is 2.49. The van der Waals surface area contributed by atoms with Crippen molar-refractivity contribution in [2.75, 3.05) is 5.32 Å². The van der Waals surface area contributed by atoms with E-state index in [2.05, 4.69) is 10.3 Å². The summed E-state index contributed by atoms with van der Waals surface area (Å²) in [6.07, 6.45) is 5.21. The van der Waals surface area contributed by atoms with E-state index in [0.717, 1.165) is 6.42 Å². The minimum Gasteiger partial charge on any atom is -0.455 e. The summed E-state index contributed by atoms with van der Waals surface area (Å²) in [4.78, 5) is 28.0. The van der Waals surface area contributed by atoms with Gasteiger partial charge in [-0.25, -0.2) is 0 Å². The molecule has 0 spiro atoms. The van der Waals surface area contributed by atoms with Gasteiger partial charge in [0.2, 0.25) is 0 Å². The van der Waals surface area contributed by atoms with Gasteiger partial charge >= 0.3 is 0 Å². The molecule has 2 aromatic rings. The first-order chi connectivity index (χ1) is 9.66. The van der Waals surface area contributed by atoms with E-state index in [1.54, 1.807) is 31.5 Å². The molecule has 20 heavy (non-hydrogen) atoms. The number of carbonyl (C=O) groups excluding carboxylic acids is 2. The van der Waals surface area contributed by atoms with Gasteiger partial charge in [-0.05, 0) is 25.5 Å². The second kappa shape index (κ2) is 4.92. The lowest BCUT2D eigenvalue weighted by atomic mass is 9.94. The molecular formula is C15H14N2O3. The highest BCUT2D eigenvalue weighted by Crippen LogP contribution is 2.29. The molecule has 2 heterocycles. The third kappa shape index (κ3) is 2.11. The Morgan fingerprint density at radius 3 is 2.75 bits per heavy atom. The zero-order valence-electron chi connectivity index (χ0n) is 11.1. The maximum absolute atomic E-state index is 12.2. The van der Waals surface area contributed by atoms with E-state index in [1.807, 2.05) is 0 Å². The highest BCUT2D eigenvalue weighted by molar-refractivity contribution is 6.07. The SMILES string of the molecule is Cc1c(C(=O)Nc2ccncc2)oc2c1C(=O)CCC2. The number of aryl methyl sites for hydroxylation is 1. The van der Waals surface area contributed by atoms with Gasteiger partial charge in [0.25, 0.3) is 5.91 Å². The van der Waals surface area contributed by atoms with Crippen LogP contribution in [0.4, 0.5) is 5.69 Å². The van der Waals surface area contributed by atoms with Crippen LogP contribution in [0.25, 0.3) is 0 Å². The van der Waals surface area contributed by atoms with Gasteiger partial charge in [0, 0.05) is 36.5 Å². The molecule has 0 aromatic carbocycles. The summed E-state index contributed by atoms with van der Waals surface area (Å²) in [7, 11) is 0. The standard InChI is InChI=1S/C15H14N2O3/c1-9-13-11(18)3-2-4-12(13)20-14(9)15(19)17-10-5-7-16-8-6-10/h5-8H,2-4H2,1H3,(H,16,17,19). The third-order valence-electron chi connectivity index (χ3n) is 3.45. The van der Waals surface area contributed by atoms with Gasteiger partial charge in [0.05, 0.1) is 5.56 Å². The molecule has 0 unspecified atom stereocenters. The second-order valence-electron chi connectivity index (χ2n) is 4.82. The highest BCUT2D eigenvalue weighted by atomic mass is 16.4. The van der Waals surface area contributed by atoms with Crippen LogP contribution < -0.4 is 5.32 Å². The zero-order valence-corrected chi connectivity index (χ0v) is 11.1. The number of Topliss-reactive ketones (excluding diaryl/α,β-unsaturated/α-hetero) is 1. The Hall–Kier alpha value is -2.43. The molecule has 102 valence electrons. The number of hydrogen-bond acceptors (Lipinski definition) is 4. The number of furan rings is 1. The van der Waals surface area contributed by atoms with E-state index < -0.39 is 0 Å². The average molecular weight is 270 g/mol. The number of pyridine rings is 1. The fourth-order valence-corrected chi connectivity index (χ4v) is 2.49. The quantitative estimate of drug-likeness (QED) is 0.910. The van der Waals surface area contributed by atoms with Gasteiger partial charge in [-0.3, -0.25) is 14.6 Å². The Kier molecular flexibility index (Phi) is 3.10. The van der Waals surface area contributed by atoms with Crippen molar-refractivity contribution in [2.24, 2.45) is 0 Å². The lowest BCUT2D eigenvalue weighted by molar-refractivity contribution is 0.0963. The first kappa shape index (κ1) is 12.6. The molecule has 2 aromatic heterocycles. The first-order valence-corrected chi connectivity index (χ1v) is 6.53. The molecule has 0 bridgehead atoms. The number of fused-ring (bicyclic) bond motifs is 1. The second-order valence-corrected chi connectivity index (χ2v) is 4.82. The monoisotopic (exact) mass is 270 g/mol. The molecule has 0 saturated carbocycles. The van der Waals surface area contributed by atoms with Crippen molar-refractivity contribution in [2.45, 2.75) is 26.2 Å². The Bertz CT molecular complexity index is 674. The van der Waals surface area contributed by atoms with Crippen LogP contribution in [-0.4, -0.2) is 16.7 Å². The van der Waals surface area contributed by atoms with Crippen LogP contribution in [0.5, 0.6) is 0 Å². The topological polar surface area (TPSA) is 72.2 Å². The lowest BCUT2D eigenvalue weighted by Gasteiger charge is -2.07. The van der Waals surface area contributed by atoms with Crippen LogP contribution in [0.2, 0.25) is 0 Å². The number of rotatable bonds is 2. The third-order valence-corrected chi connectivity index (χ3v) is 3.45. The van der Waals surface area contributed by atoms with Crippen LogP contribution in [-0.2, 0) is 6.42 Å². The Morgan fingerprint density at radius 1 is 1.30 bits per heavy atom. The molecule has 0 aliphatic heterocycles. The number of aromatic nitrogens is 1. The largest absolute Gasteiger partial charge is 0.455 e. The maximum atomic E-state index is 12.2. The molecule has 5 heteroatoms. The van der Waals surface area contributed by atoms with Crippen molar-refractivity contribution >= 4 is 17.4 Å². The van der Waals surface area contributed by atoms with E-state index in [9.17, 15) is 9.59 Å². The van der Waals surface area contributed by atoms with Crippen molar-refractivity contribution in [3.63, 3.8) is 0 Å². The predicted octanol–water partition coefficient (Wildman–Crippen LogP) is 2.75. The van der Waals surface area contributed by atoms with Crippen molar-refractivity contribution in [1.29, 1.82) is 0 Å². The summed E-state index contributed by atoms with van der Waals surface area (Å²) in [5.74, 6) is 0.590. The predicted molar refractivity (Wildman–Crippen MR) is 72.9 cm³/mol. The molecule has 1 aliphatic carbocycles. The molecule has 1 N–H and O–H groups in total. The van der Waals surface area contributed by atoms with Crippen molar-refractivity contribution < 1.29 is 14.0 Å². The number of nitrogens with zero attached hydrogens (tertiary/aromatic N) is 1. The molecule has 0 atom stereocenters. The molecule has 0 fully saturated rings. The fraction of sp³-hybridized carbons (Fsp3) is 0.267. The van der Waals surface area contributed by atoms with Crippen LogP contribution in [0.15, 0.2) is 28.9 Å². The van der Waals surface area contributed by atoms with Gasteiger partial charge in [-0.1, -0.05) is 0 Å². The summed E-state index contributed by atoms with van der Waals surface area (Å²) in [5.41, 5.74) is 1.87. The molecule has 0 saturated heterocycles. The van der Waals surface area contributed by atoms with Gasteiger partial charge in [0.1, 0.15) is 5.76 Å². The lowest BCUT2D eigenvalue weighted by Crippen LogP contribution is -2.13. The summed E-state index contributed by atoms with van der Waals surface area (Å²) < 4.78 is 5.59. The van der Waals surface area contributed by atoms with Crippen LogP contribution >= 0.6 is 0 Å². The number of hydrogen-bond donors (Lipinski definition) is 1.